The molecule has 0 spiro atoms. The molecule has 0 bridgehead atoms. The van der Waals surface area contributed by atoms with Gasteiger partial charge in [-0.3, -0.25) is 30.3 Å². The maximum absolute atomic E-state index is 11.6. The Labute approximate surface area is 676 Å². The summed E-state index contributed by atoms with van der Waals surface area (Å²) in [5.74, 6) is 2.04. The van der Waals surface area contributed by atoms with Crippen LogP contribution in [0.1, 0.15) is 58.6 Å². The van der Waals surface area contributed by atoms with E-state index in [4.69, 9.17) is 90.4 Å². The number of phenols is 1. The molecule has 4 fully saturated rings. The molecule has 0 radical (unpaired) electrons. The van der Waals surface area contributed by atoms with Crippen LogP contribution in [0.5, 0.6) is 23.0 Å². The molecule has 0 unspecified atom stereocenters. The molecule has 4 saturated heterocycles. The standard InChI is InChI=1S/C18H19NO6S2.C18H21NO4S2.C11H12ClNO4.C7H8O2S2.C6H4ClNO3.C5H9ClO.C3H3ClN2S.Na.H/c1-27(22,23)16-5-3-15(4-6-16)26-18-7-2-13(19(20)21)12-17(18)25-14-8-10-24-11-9-14;1-25(20,21)16-5-3-15(4-6-16)24-18-7-2-13(19)12-17(18)23-14-8-10-22-11-9-14;12-10-2-1-8(13(14)15)7-11(10)17-9-3-5-16-6-4-9;1-11(8,9)7-4-2-6(10)3-5-7;7-5-2-1-4(8(10)11)3-6(5)9;6-5-1-3-7-4-2-5;1-2-5-3(4)7-6-2;;/h2-7,12,14H,8-11H2,1H3;2-7,12,14H,8-11,19H2,1H3;1-2,7,9H,3-6H2;2-5,10H,1H3;1-3,9H;5H,1-4H2;1H3;;/q;;;;;;;+1;-1. The van der Waals surface area contributed by atoms with Crippen molar-refractivity contribution in [3.63, 3.8) is 0 Å². The summed E-state index contributed by atoms with van der Waals surface area (Å²) < 4.78 is 111. The molecule has 12 rings (SSSR count). The Morgan fingerprint density at radius 1 is 0.519 bits per heavy atom. The van der Waals surface area contributed by atoms with E-state index in [1.807, 2.05) is 25.1 Å². The van der Waals surface area contributed by atoms with Crippen molar-refractivity contribution < 1.29 is 109 Å². The molecule has 8 aromatic rings. The van der Waals surface area contributed by atoms with Crippen molar-refractivity contribution in [2.24, 2.45) is 0 Å². The van der Waals surface area contributed by atoms with Gasteiger partial charge in [0.1, 0.15) is 47.1 Å². The topological polar surface area (TPSA) is 368 Å². The fourth-order valence-corrected chi connectivity index (χ4v) is 14.0. The van der Waals surface area contributed by atoms with E-state index in [2.05, 4.69) is 22.0 Å². The van der Waals surface area contributed by atoms with Crippen molar-refractivity contribution in [2.75, 3.05) is 77.4 Å². The first-order chi connectivity index (χ1) is 49.7. The van der Waals surface area contributed by atoms with Crippen LogP contribution in [0.4, 0.5) is 22.7 Å². The third-order valence-corrected chi connectivity index (χ3v) is 22.4. The minimum Gasteiger partial charge on any atom is -1.00 e. The van der Waals surface area contributed by atoms with E-state index in [0.29, 0.717) is 81.5 Å². The van der Waals surface area contributed by atoms with Crippen LogP contribution in [0.25, 0.3) is 0 Å². The second-order valence-electron chi connectivity index (χ2n) is 23.0. The summed E-state index contributed by atoms with van der Waals surface area (Å²) >= 11 is 30.6. The first kappa shape index (κ1) is 90.8. The van der Waals surface area contributed by atoms with E-state index < -0.39 is 44.3 Å². The van der Waals surface area contributed by atoms with Gasteiger partial charge in [-0.15, -0.1) is 24.2 Å². The van der Waals surface area contributed by atoms with Crippen LogP contribution in [0.15, 0.2) is 185 Å². The number of benzene rings is 7. The largest absolute Gasteiger partial charge is 1.00 e. The average molecular weight is 1690 g/mol. The number of hydrogen-bond donors (Lipinski definition) is 3. The van der Waals surface area contributed by atoms with E-state index in [1.165, 1.54) is 102 Å². The normalized spacial score (nSPS) is 14.8. The van der Waals surface area contributed by atoms with E-state index in [0.717, 1.165) is 113 Å². The van der Waals surface area contributed by atoms with Crippen molar-refractivity contribution in [1.82, 2.24) is 9.36 Å². The van der Waals surface area contributed by atoms with Crippen LogP contribution < -0.4 is 49.5 Å². The van der Waals surface area contributed by atoms with Crippen LogP contribution in [-0.4, -0.2) is 150 Å². The molecule has 0 atom stereocenters. The summed E-state index contributed by atoms with van der Waals surface area (Å²) in [6.07, 6.45) is 10.4. The second-order valence-corrected chi connectivity index (χ2v) is 34.5. The summed E-state index contributed by atoms with van der Waals surface area (Å²) in [5, 5.41) is 41.7. The summed E-state index contributed by atoms with van der Waals surface area (Å²) in [5.41, 5.74) is 6.34. The first-order valence-corrected chi connectivity index (χ1v) is 41.9. The number of nitrogens with zero attached hydrogens (tertiary/aromatic N) is 5. The number of alkyl halides is 1. The average Bonchev–Trinajstić information content (AvgIpc) is 1.60. The predicted molar refractivity (Wildman–Crippen MR) is 410 cm³/mol. The number of nitro groups is 3. The summed E-state index contributed by atoms with van der Waals surface area (Å²) in [6.45, 7) is 7.45. The van der Waals surface area contributed by atoms with Gasteiger partial charge in [-0.2, -0.15) is 4.37 Å². The fourth-order valence-electron chi connectivity index (χ4n) is 9.12. The molecule has 3 N–H and O–H groups in total. The monoisotopic (exact) mass is 1680 g/mol. The van der Waals surface area contributed by atoms with Gasteiger partial charge in [0.05, 0.1) is 107 Å². The van der Waals surface area contributed by atoms with E-state index in [1.54, 1.807) is 66.7 Å². The van der Waals surface area contributed by atoms with Crippen molar-refractivity contribution in [3.8, 4) is 23.0 Å². The molecular weight excluding hydrogens is 1610 g/mol. The fraction of sp³-hybridized carbons (Fsp3) is 0.353. The number of anilines is 1. The van der Waals surface area contributed by atoms with Gasteiger partial charge in [0.25, 0.3) is 17.1 Å². The minimum atomic E-state index is -3.26. The quantitative estimate of drug-likeness (QED) is 0.0202. The number of hydrogen-bond acceptors (Lipinski definition) is 27. The van der Waals surface area contributed by atoms with E-state index in [9.17, 15) is 55.6 Å². The maximum Gasteiger partial charge on any atom is 1.00 e. The Bertz CT molecular complexity index is 4480. The zero-order valence-corrected chi connectivity index (χ0v) is 68.7. The van der Waals surface area contributed by atoms with Crippen LogP contribution >= 0.6 is 94.1 Å². The molecule has 26 nitrogen and oxygen atoms in total. The summed E-state index contributed by atoms with van der Waals surface area (Å²) in [7, 11) is -9.50. The van der Waals surface area contributed by atoms with Gasteiger partial charge in [0.2, 0.25) is 4.47 Å². The van der Waals surface area contributed by atoms with Gasteiger partial charge in [-0.1, -0.05) is 46.7 Å². The van der Waals surface area contributed by atoms with Gasteiger partial charge in [0.15, 0.2) is 29.5 Å². The van der Waals surface area contributed by atoms with Crippen LogP contribution in [0, 0.1) is 37.3 Å². The second kappa shape index (κ2) is 45.4. The molecule has 570 valence electrons. The van der Waals surface area contributed by atoms with Gasteiger partial charge in [0, 0.05) is 121 Å². The Morgan fingerprint density at radius 2 is 0.858 bits per heavy atom. The number of thiol groups is 1. The minimum absolute atomic E-state index is 0. The molecule has 4 aliphatic rings. The summed E-state index contributed by atoms with van der Waals surface area (Å²) in [6, 6.07) is 37.6. The van der Waals surface area contributed by atoms with Gasteiger partial charge >= 0.3 is 29.6 Å². The Morgan fingerprint density at radius 3 is 1.20 bits per heavy atom. The number of nitro benzene ring substituents is 3. The molecule has 0 amide bonds. The predicted octanol–water partition coefficient (Wildman–Crippen LogP) is 13.2. The molecule has 0 aliphatic carbocycles. The Kier molecular flexibility index (Phi) is 38.9. The molecule has 5 heterocycles. The number of halogens is 4. The number of nitrogen functional groups attached to an aromatic ring is 1. The zero-order valence-electron chi connectivity index (χ0n) is 58.9. The number of non-ortho nitro benzene ring substituents is 3. The van der Waals surface area contributed by atoms with Gasteiger partial charge < -0.3 is 45.4 Å². The molecule has 38 heteroatoms. The van der Waals surface area contributed by atoms with Gasteiger partial charge in [-0.05, 0) is 146 Å². The maximum atomic E-state index is 11.6. The molecular formula is C68H77Cl4N6NaO20S7. The SMILES string of the molecule is CS(=O)(=O)c1ccc(S)cc1.CS(=O)(=O)c1ccc(Sc2ccc(N)cc2OC2CCOCC2)cc1.CS(=O)(=O)c1ccc(Sc2ccc([N+](=O)[O-])cc2OC2CCOCC2)cc1.Cc1nsc(Cl)n1.ClC1CCOCC1.O=[N+]([O-])c1ccc(Cl)c(O)c1.O=[N+]([O-])c1ccc(Cl)c(OC2CCOCC2)c1.[H-].[Na+]. The third-order valence-electron chi connectivity index (χ3n) is 14.6. The van der Waals surface area contributed by atoms with Gasteiger partial charge in [-0.25, -0.2) is 30.2 Å². The van der Waals surface area contributed by atoms with E-state index >= 15 is 0 Å². The third kappa shape index (κ3) is 33.2. The van der Waals surface area contributed by atoms with E-state index in [-0.39, 0.29) is 82.0 Å². The first-order valence-electron chi connectivity index (χ1n) is 31.8. The number of sulfone groups is 3. The molecule has 7 aromatic carbocycles. The molecule has 106 heavy (non-hydrogen) atoms. The van der Waals surface area contributed by atoms with Crippen LogP contribution in [0.2, 0.25) is 14.5 Å². The van der Waals surface area contributed by atoms with Crippen molar-refractivity contribution in [2.45, 2.75) is 121 Å². The Balaban J connectivity index is 0.000000277. The van der Waals surface area contributed by atoms with Crippen LogP contribution in [0.3, 0.4) is 0 Å². The van der Waals surface area contributed by atoms with Crippen LogP contribution in [-0.2, 0) is 48.5 Å². The molecule has 4 aliphatic heterocycles. The van der Waals surface area contributed by atoms with Crippen molar-refractivity contribution in [1.29, 1.82) is 0 Å². The number of ether oxygens (including phenoxy) is 7. The zero-order chi connectivity index (χ0) is 76.9. The van der Waals surface area contributed by atoms with Crippen molar-refractivity contribution in [3.05, 3.63) is 196 Å². The molecule has 1 aromatic heterocycles. The number of nitrogens with two attached hydrogens (primary N) is 1. The smallest absolute Gasteiger partial charge is 1.00 e. The number of aromatic hydroxyl groups is 1. The Hall–Kier alpha value is -5.80. The number of aryl methyl sites for hydroxylation is 1. The summed E-state index contributed by atoms with van der Waals surface area (Å²) in [4.78, 5) is 39.2. The number of rotatable bonds is 16. The molecule has 0 saturated carbocycles. The number of aromatic nitrogens is 2. The van der Waals surface area contributed by atoms with Crippen molar-refractivity contribution >= 4 is 146 Å². The number of phenolic OH excluding ortho intramolecular Hbond substituents is 1.